The Kier molecular flexibility index (Phi) is 4.90. The van der Waals surface area contributed by atoms with Crippen LogP contribution in [0.4, 0.5) is 0 Å². The molecule has 0 aromatic heterocycles. The van der Waals surface area contributed by atoms with Crippen molar-refractivity contribution in [2.75, 3.05) is 6.54 Å². The molecule has 0 radical (unpaired) electrons. The van der Waals surface area contributed by atoms with E-state index < -0.39 is 10.1 Å². The van der Waals surface area contributed by atoms with Gasteiger partial charge in [-0.2, -0.15) is 8.42 Å². The Bertz CT molecular complexity index is 761. The fraction of sp³-hybridized carbons (Fsp3) is 0.412. The summed E-state index contributed by atoms with van der Waals surface area (Å²) in [6.45, 7) is 7.29. The first-order valence-electron chi connectivity index (χ1n) is 7.42. The molecule has 2 aromatic carbocycles. The van der Waals surface area contributed by atoms with Gasteiger partial charge in [0.15, 0.2) is 0 Å². The van der Waals surface area contributed by atoms with Gasteiger partial charge in [0.25, 0.3) is 10.1 Å². The smallest absolute Gasteiger partial charge is 0.295 e. The van der Waals surface area contributed by atoms with Crippen molar-refractivity contribution in [2.24, 2.45) is 0 Å². The highest BCUT2D eigenvalue weighted by atomic mass is 32.2. The first kappa shape index (κ1) is 16.9. The zero-order valence-corrected chi connectivity index (χ0v) is 14.1. The molecule has 0 fully saturated rings. The number of fused-ring (bicyclic) bond motifs is 1. The van der Waals surface area contributed by atoms with Gasteiger partial charge in [0.05, 0.1) is 0 Å². The maximum Gasteiger partial charge on any atom is 0.295 e. The molecule has 2 N–H and O–H groups in total. The van der Waals surface area contributed by atoms with Crippen LogP contribution >= 0.6 is 0 Å². The summed E-state index contributed by atoms with van der Waals surface area (Å²) in [5.41, 5.74) is 1.19. The zero-order valence-electron chi connectivity index (χ0n) is 13.3. The number of aryl methyl sites for hydroxylation is 1. The SMILES string of the molecule is CC(C)(C)NCCCc1cccc2c(S(=O)(=O)O)cccc12. The Labute approximate surface area is 132 Å². The fourth-order valence-corrected chi connectivity index (χ4v) is 3.24. The Morgan fingerprint density at radius 1 is 1.05 bits per heavy atom. The largest absolute Gasteiger partial charge is 0.312 e. The van der Waals surface area contributed by atoms with Gasteiger partial charge in [0, 0.05) is 10.9 Å². The molecule has 2 aromatic rings. The van der Waals surface area contributed by atoms with Crippen LogP contribution in [0.2, 0.25) is 0 Å². The number of nitrogens with one attached hydrogen (secondary N) is 1. The van der Waals surface area contributed by atoms with E-state index in [-0.39, 0.29) is 10.4 Å². The van der Waals surface area contributed by atoms with Crippen LogP contribution in [0.1, 0.15) is 32.8 Å². The molecule has 5 heteroatoms. The van der Waals surface area contributed by atoms with Gasteiger partial charge in [-0.3, -0.25) is 4.55 Å². The lowest BCUT2D eigenvalue weighted by molar-refractivity contribution is 0.422. The molecule has 0 saturated carbocycles. The quantitative estimate of drug-likeness (QED) is 0.654. The van der Waals surface area contributed by atoms with Crippen molar-refractivity contribution in [3.63, 3.8) is 0 Å². The molecule has 0 heterocycles. The Morgan fingerprint density at radius 2 is 1.68 bits per heavy atom. The maximum atomic E-state index is 11.5. The van der Waals surface area contributed by atoms with E-state index in [1.807, 2.05) is 18.2 Å². The summed E-state index contributed by atoms with van der Waals surface area (Å²) in [7, 11) is -4.20. The van der Waals surface area contributed by atoms with Crippen LogP contribution in [0.5, 0.6) is 0 Å². The van der Waals surface area contributed by atoms with Crippen LogP contribution in [0, 0.1) is 0 Å². The van der Waals surface area contributed by atoms with Crippen molar-refractivity contribution in [1.82, 2.24) is 5.32 Å². The average molecular weight is 321 g/mol. The highest BCUT2D eigenvalue weighted by Crippen LogP contribution is 2.26. The molecule has 0 bridgehead atoms. The van der Waals surface area contributed by atoms with Crippen LogP contribution in [-0.2, 0) is 16.5 Å². The number of rotatable bonds is 5. The van der Waals surface area contributed by atoms with Crippen LogP contribution < -0.4 is 5.32 Å². The summed E-state index contributed by atoms with van der Waals surface area (Å²) in [5.74, 6) is 0. The molecule has 0 atom stereocenters. The molecular weight excluding hydrogens is 298 g/mol. The third-order valence-electron chi connectivity index (χ3n) is 3.53. The van der Waals surface area contributed by atoms with Crippen LogP contribution in [0.3, 0.4) is 0 Å². The van der Waals surface area contributed by atoms with Gasteiger partial charge in [-0.05, 0) is 57.2 Å². The van der Waals surface area contributed by atoms with Crippen molar-refractivity contribution in [1.29, 1.82) is 0 Å². The lowest BCUT2D eigenvalue weighted by atomic mass is 10.0. The van der Waals surface area contributed by atoms with Crippen molar-refractivity contribution in [3.05, 3.63) is 42.0 Å². The van der Waals surface area contributed by atoms with Crippen molar-refractivity contribution < 1.29 is 13.0 Å². The molecule has 4 nitrogen and oxygen atoms in total. The minimum Gasteiger partial charge on any atom is -0.312 e. The predicted molar refractivity (Wildman–Crippen MR) is 89.8 cm³/mol. The molecule has 120 valence electrons. The lowest BCUT2D eigenvalue weighted by Gasteiger charge is -2.20. The van der Waals surface area contributed by atoms with Crippen molar-refractivity contribution in [2.45, 2.75) is 44.0 Å². The molecule has 0 spiro atoms. The van der Waals surface area contributed by atoms with E-state index in [9.17, 15) is 13.0 Å². The molecule has 2 rings (SSSR count). The van der Waals surface area contributed by atoms with Gasteiger partial charge in [0.1, 0.15) is 4.90 Å². The molecule has 0 aliphatic carbocycles. The lowest BCUT2D eigenvalue weighted by Crippen LogP contribution is -2.36. The van der Waals surface area contributed by atoms with E-state index in [0.29, 0.717) is 5.39 Å². The molecule has 22 heavy (non-hydrogen) atoms. The molecule has 0 aliphatic heterocycles. The van der Waals surface area contributed by atoms with Crippen LogP contribution in [-0.4, -0.2) is 25.1 Å². The Hall–Kier alpha value is -1.43. The van der Waals surface area contributed by atoms with E-state index in [4.69, 9.17) is 0 Å². The molecule has 0 amide bonds. The van der Waals surface area contributed by atoms with Crippen LogP contribution in [0.15, 0.2) is 41.3 Å². The van der Waals surface area contributed by atoms with E-state index in [2.05, 4.69) is 26.1 Å². The Morgan fingerprint density at radius 3 is 2.32 bits per heavy atom. The molecular formula is C17H23NO3S. The third kappa shape index (κ3) is 4.29. The van der Waals surface area contributed by atoms with Gasteiger partial charge < -0.3 is 5.32 Å². The second kappa shape index (κ2) is 6.36. The summed E-state index contributed by atoms with van der Waals surface area (Å²) in [6, 6.07) is 10.6. The van der Waals surface area contributed by atoms with E-state index in [0.717, 1.165) is 30.3 Å². The summed E-state index contributed by atoms with van der Waals surface area (Å²) < 4.78 is 32.3. The summed E-state index contributed by atoms with van der Waals surface area (Å²) >= 11 is 0. The number of benzene rings is 2. The zero-order chi connectivity index (χ0) is 16.4. The topological polar surface area (TPSA) is 66.4 Å². The average Bonchev–Trinajstić information content (AvgIpc) is 2.41. The highest BCUT2D eigenvalue weighted by Gasteiger charge is 2.14. The third-order valence-corrected chi connectivity index (χ3v) is 4.44. The van der Waals surface area contributed by atoms with Gasteiger partial charge in [-0.15, -0.1) is 0 Å². The molecule has 0 aliphatic rings. The minimum absolute atomic E-state index is 0.0281. The minimum atomic E-state index is -4.20. The normalized spacial score (nSPS) is 12.7. The number of hydrogen-bond acceptors (Lipinski definition) is 3. The monoisotopic (exact) mass is 321 g/mol. The van der Waals surface area contributed by atoms with Gasteiger partial charge in [0.2, 0.25) is 0 Å². The summed E-state index contributed by atoms with van der Waals surface area (Å²) in [4.78, 5) is -0.0281. The predicted octanol–water partition coefficient (Wildman–Crippen LogP) is 3.41. The van der Waals surface area contributed by atoms with E-state index in [1.165, 1.54) is 6.07 Å². The first-order chi connectivity index (χ1) is 10.2. The highest BCUT2D eigenvalue weighted by molar-refractivity contribution is 7.86. The second-order valence-corrected chi connectivity index (χ2v) is 7.91. The van der Waals surface area contributed by atoms with Crippen molar-refractivity contribution >= 4 is 20.9 Å². The summed E-state index contributed by atoms with van der Waals surface area (Å²) in [6.07, 6.45) is 1.82. The van der Waals surface area contributed by atoms with E-state index in [1.54, 1.807) is 12.1 Å². The van der Waals surface area contributed by atoms with Crippen LogP contribution in [0.25, 0.3) is 10.8 Å². The molecule has 0 unspecified atom stereocenters. The Balaban J connectivity index is 2.25. The van der Waals surface area contributed by atoms with Gasteiger partial charge in [-0.25, -0.2) is 0 Å². The fourth-order valence-electron chi connectivity index (χ4n) is 2.53. The van der Waals surface area contributed by atoms with Gasteiger partial charge >= 0.3 is 0 Å². The van der Waals surface area contributed by atoms with Gasteiger partial charge in [-0.1, -0.05) is 30.3 Å². The maximum absolute atomic E-state index is 11.5. The standard InChI is InChI=1S/C17H23NO3S/c1-17(2,3)18-12-6-8-13-7-4-10-15-14(13)9-5-11-16(15)22(19,20)21/h4-5,7,9-11,18H,6,8,12H2,1-3H3,(H,19,20,21). The van der Waals surface area contributed by atoms with E-state index >= 15 is 0 Å². The first-order valence-corrected chi connectivity index (χ1v) is 8.86. The molecule has 0 saturated heterocycles. The number of hydrogen-bond donors (Lipinski definition) is 2. The van der Waals surface area contributed by atoms with Crippen molar-refractivity contribution in [3.8, 4) is 0 Å². The second-order valence-electron chi connectivity index (χ2n) is 6.52. The summed E-state index contributed by atoms with van der Waals surface area (Å²) in [5, 5.41) is 4.90.